The largest absolute Gasteiger partial charge is 0.416 e. The standard InChI is InChI=1S/C24H21F4NO4S/c1-16(2)29(23(30)21-8-3-4-9-22(21)25)15-17-10-12-19(13-11-17)33-34(31,32)20-7-5-6-18(14-20)24(26,27)28/h3-14,16H,15H2,1-2H3. The normalized spacial score (nSPS) is 12.0. The molecule has 0 aromatic heterocycles. The molecule has 0 aliphatic carbocycles. The summed E-state index contributed by atoms with van der Waals surface area (Å²) in [5.74, 6) is -1.25. The van der Waals surface area contributed by atoms with E-state index in [0.717, 1.165) is 18.2 Å². The number of carbonyl (C=O) groups excluding carboxylic acids is 1. The van der Waals surface area contributed by atoms with E-state index >= 15 is 0 Å². The van der Waals surface area contributed by atoms with Crippen LogP contribution in [0.15, 0.2) is 77.7 Å². The van der Waals surface area contributed by atoms with Crippen molar-refractivity contribution in [3.05, 3.63) is 95.3 Å². The Balaban J connectivity index is 1.77. The number of halogens is 4. The van der Waals surface area contributed by atoms with E-state index in [1.165, 1.54) is 47.4 Å². The molecule has 0 atom stereocenters. The number of benzene rings is 3. The Morgan fingerprint density at radius 1 is 0.971 bits per heavy atom. The maximum Gasteiger partial charge on any atom is 0.416 e. The third kappa shape index (κ3) is 5.93. The van der Waals surface area contributed by atoms with Crippen molar-refractivity contribution in [3.8, 4) is 5.75 Å². The Hall–Kier alpha value is -3.40. The summed E-state index contributed by atoms with van der Waals surface area (Å²) in [7, 11) is -4.51. The summed E-state index contributed by atoms with van der Waals surface area (Å²) in [4.78, 5) is 13.6. The molecule has 0 unspecified atom stereocenters. The van der Waals surface area contributed by atoms with Crippen molar-refractivity contribution >= 4 is 16.0 Å². The van der Waals surface area contributed by atoms with Gasteiger partial charge >= 0.3 is 16.3 Å². The Kier molecular flexibility index (Phi) is 7.30. The van der Waals surface area contributed by atoms with Crippen LogP contribution < -0.4 is 4.18 Å². The van der Waals surface area contributed by atoms with Crippen LogP contribution in [-0.2, 0) is 22.8 Å². The first kappa shape index (κ1) is 25.2. The number of hydrogen-bond donors (Lipinski definition) is 0. The minimum atomic E-state index is -4.70. The average molecular weight is 495 g/mol. The second-order valence-electron chi connectivity index (χ2n) is 7.71. The third-order valence-corrected chi connectivity index (χ3v) is 6.16. The van der Waals surface area contributed by atoms with E-state index in [-0.39, 0.29) is 23.9 Å². The summed E-state index contributed by atoms with van der Waals surface area (Å²) in [6.07, 6.45) is -4.70. The summed E-state index contributed by atoms with van der Waals surface area (Å²) >= 11 is 0. The van der Waals surface area contributed by atoms with Crippen LogP contribution in [0.4, 0.5) is 17.6 Å². The zero-order valence-corrected chi connectivity index (χ0v) is 19.0. The number of alkyl halides is 3. The van der Waals surface area contributed by atoms with Gasteiger partial charge in [0.05, 0.1) is 11.1 Å². The predicted molar refractivity (Wildman–Crippen MR) is 117 cm³/mol. The van der Waals surface area contributed by atoms with Gasteiger partial charge in [-0.2, -0.15) is 21.6 Å². The van der Waals surface area contributed by atoms with E-state index in [4.69, 9.17) is 4.18 Å². The van der Waals surface area contributed by atoms with Crippen LogP contribution in [0.2, 0.25) is 0 Å². The number of hydrogen-bond acceptors (Lipinski definition) is 4. The molecule has 10 heteroatoms. The first-order valence-electron chi connectivity index (χ1n) is 10.1. The zero-order chi connectivity index (χ0) is 25.1. The number of nitrogens with zero attached hydrogens (tertiary/aromatic N) is 1. The maximum atomic E-state index is 14.1. The Labute approximate surface area is 194 Å². The van der Waals surface area contributed by atoms with Crippen LogP contribution in [-0.4, -0.2) is 25.3 Å². The molecule has 0 aliphatic rings. The summed E-state index contributed by atoms with van der Waals surface area (Å²) < 4.78 is 82.6. The molecule has 3 aromatic rings. The smallest absolute Gasteiger partial charge is 0.379 e. The van der Waals surface area contributed by atoms with Crippen molar-refractivity contribution in [1.82, 2.24) is 4.90 Å². The molecule has 0 radical (unpaired) electrons. The van der Waals surface area contributed by atoms with E-state index < -0.39 is 38.5 Å². The lowest BCUT2D eigenvalue weighted by atomic mass is 10.1. The van der Waals surface area contributed by atoms with Gasteiger partial charge in [0.2, 0.25) is 0 Å². The van der Waals surface area contributed by atoms with Gasteiger partial charge in [-0.1, -0.05) is 30.3 Å². The summed E-state index contributed by atoms with van der Waals surface area (Å²) in [5, 5.41) is 0. The van der Waals surface area contributed by atoms with Crippen LogP contribution in [0, 0.1) is 5.82 Å². The highest BCUT2D eigenvalue weighted by molar-refractivity contribution is 7.87. The summed E-state index contributed by atoms with van der Waals surface area (Å²) in [5.41, 5.74) is -0.564. The Bertz CT molecular complexity index is 1270. The van der Waals surface area contributed by atoms with Crippen molar-refractivity contribution in [1.29, 1.82) is 0 Å². The molecule has 0 fully saturated rings. The van der Waals surface area contributed by atoms with Crippen molar-refractivity contribution in [2.75, 3.05) is 0 Å². The monoisotopic (exact) mass is 495 g/mol. The average Bonchev–Trinajstić information content (AvgIpc) is 2.77. The van der Waals surface area contributed by atoms with Crippen molar-refractivity contribution in [3.63, 3.8) is 0 Å². The number of amides is 1. The molecular weight excluding hydrogens is 474 g/mol. The Morgan fingerprint density at radius 3 is 2.21 bits per heavy atom. The van der Waals surface area contributed by atoms with Crippen LogP contribution in [0.5, 0.6) is 5.75 Å². The van der Waals surface area contributed by atoms with Gasteiger partial charge in [-0.25, -0.2) is 4.39 Å². The van der Waals surface area contributed by atoms with Crippen LogP contribution in [0.25, 0.3) is 0 Å². The molecule has 0 spiro atoms. The summed E-state index contributed by atoms with van der Waals surface area (Å²) in [6.45, 7) is 3.67. The highest BCUT2D eigenvalue weighted by Gasteiger charge is 2.32. The molecule has 5 nitrogen and oxygen atoms in total. The van der Waals surface area contributed by atoms with Gasteiger partial charge in [0.15, 0.2) is 0 Å². The molecule has 3 aromatic carbocycles. The van der Waals surface area contributed by atoms with Crippen molar-refractivity contribution in [2.24, 2.45) is 0 Å². The van der Waals surface area contributed by atoms with Gasteiger partial charge in [0.25, 0.3) is 5.91 Å². The lowest BCUT2D eigenvalue weighted by molar-refractivity contribution is -0.137. The Morgan fingerprint density at radius 2 is 1.62 bits per heavy atom. The van der Waals surface area contributed by atoms with Crippen molar-refractivity contribution < 1.29 is 35.0 Å². The fourth-order valence-electron chi connectivity index (χ4n) is 3.13. The molecule has 180 valence electrons. The molecule has 0 bridgehead atoms. The molecule has 0 heterocycles. The third-order valence-electron chi connectivity index (χ3n) is 4.92. The van der Waals surface area contributed by atoms with E-state index in [2.05, 4.69) is 0 Å². The van der Waals surface area contributed by atoms with E-state index in [1.807, 2.05) is 0 Å². The second kappa shape index (κ2) is 9.84. The molecule has 0 aliphatic heterocycles. The molecule has 34 heavy (non-hydrogen) atoms. The van der Waals surface area contributed by atoms with E-state index in [0.29, 0.717) is 11.6 Å². The highest BCUT2D eigenvalue weighted by atomic mass is 32.2. The fourth-order valence-corrected chi connectivity index (χ4v) is 4.11. The number of carbonyl (C=O) groups is 1. The number of rotatable bonds is 7. The lowest BCUT2D eigenvalue weighted by Gasteiger charge is -2.27. The molecular formula is C24H21F4NO4S. The van der Waals surface area contributed by atoms with E-state index in [9.17, 15) is 30.8 Å². The molecule has 3 rings (SSSR count). The highest BCUT2D eigenvalue weighted by Crippen LogP contribution is 2.31. The summed E-state index contributed by atoms with van der Waals surface area (Å²) in [6, 6.07) is 14.3. The van der Waals surface area contributed by atoms with Gasteiger partial charge in [-0.15, -0.1) is 0 Å². The minimum absolute atomic E-state index is 0.0664. The van der Waals surface area contributed by atoms with Gasteiger partial charge in [0, 0.05) is 12.6 Å². The molecule has 1 amide bonds. The van der Waals surface area contributed by atoms with Gasteiger partial charge in [0.1, 0.15) is 16.5 Å². The van der Waals surface area contributed by atoms with Crippen LogP contribution in [0.3, 0.4) is 0 Å². The van der Waals surface area contributed by atoms with Gasteiger partial charge in [-0.3, -0.25) is 4.79 Å². The second-order valence-corrected chi connectivity index (χ2v) is 9.26. The lowest BCUT2D eigenvalue weighted by Crippen LogP contribution is -2.36. The topological polar surface area (TPSA) is 63.7 Å². The van der Waals surface area contributed by atoms with Gasteiger partial charge < -0.3 is 9.08 Å². The SMILES string of the molecule is CC(C)N(Cc1ccc(OS(=O)(=O)c2cccc(C(F)(F)F)c2)cc1)C(=O)c1ccccc1F. The first-order valence-corrected chi connectivity index (χ1v) is 11.6. The van der Waals surface area contributed by atoms with E-state index in [1.54, 1.807) is 19.9 Å². The molecule has 0 saturated heterocycles. The zero-order valence-electron chi connectivity index (χ0n) is 18.2. The van der Waals surface area contributed by atoms with Crippen LogP contribution in [0.1, 0.15) is 35.3 Å². The maximum absolute atomic E-state index is 14.1. The van der Waals surface area contributed by atoms with Crippen molar-refractivity contribution in [2.45, 2.75) is 37.5 Å². The quantitative estimate of drug-likeness (QED) is 0.313. The van der Waals surface area contributed by atoms with Crippen LogP contribution >= 0.6 is 0 Å². The predicted octanol–water partition coefficient (Wildman–Crippen LogP) is 5.66. The minimum Gasteiger partial charge on any atom is -0.379 e. The fraction of sp³-hybridized carbons (Fsp3) is 0.208. The molecule has 0 N–H and O–H groups in total. The molecule has 0 saturated carbocycles. The van der Waals surface area contributed by atoms with Gasteiger partial charge in [-0.05, 0) is 61.9 Å². The first-order chi connectivity index (χ1) is 15.9.